The molecule has 1 N–H and O–H groups in total. The van der Waals surface area contributed by atoms with Crippen LogP contribution in [0.4, 0.5) is 0 Å². The molecule has 3 nitrogen and oxygen atoms in total. The SMILES string of the molecule is COC(C)(C)CCNCC1(OC)CCC1. The maximum atomic E-state index is 5.54. The molecule has 90 valence electrons. The van der Waals surface area contributed by atoms with Crippen molar-refractivity contribution in [3.63, 3.8) is 0 Å². The van der Waals surface area contributed by atoms with E-state index in [9.17, 15) is 0 Å². The lowest BCUT2D eigenvalue weighted by molar-refractivity contribution is -0.0702. The van der Waals surface area contributed by atoms with E-state index in [-0.39, 0.29) is 11.2 Å². The summed E-state index contributed by atoms with van der Waals surface area (Å²) in [6.45, 7) is 6.20. The monoisotopic (exact) mass is 215 g/mol. The molecule has 1 aliphatic rings. The van der Waals surface area contributed by atoms with Crippen LogP contribution in [0.25, 0.3) is 0 Å². The van der Waals surface area contributed by atoms with Gasteiger partial charge in [-0.2, -0.15) is 0 Å². The molecule has 3 heteroatoms. The van der Waals surface area contributed by atoms with Gasteiger partial charge in [0.1, 0.15) is 0 Å². The summed E-state index contributed by atoms with van der Waals surface area (Å²) in [5.74, 6) is 0. The highest BCUT2D eigenvalue weighted by molar-refractivity contribution is 4.91. The average molecular weight is 215 g/mol. The van der Waals surface area contributed by atoms with Crippen molar-refractivity contribution in [1.82, 2.24) is 5.32 Å². The predicted octanol–water partition coefficient (Wildman–Crippen LogP) is 1.96. The lowest BCUT2D eigenvalue weighted by Crippen LogP contribution is -2.48. The van der Waals surface area contributed by atoms with Crippen LogP contribution in [-0.4, -0.2) is 38.5 Å². The van der Waals surface area contributed by atoms with Crippen molar-refractivity contribution in [3.05, 3.63) is 0 Å². The molecule has 1 fully saturated rings. The maximum Gasteiger partial charge on any atom is 0.0802 e. The molecule has 0 spiro atoms. The molecule has 0 bridgehead atoms. The van der Waals surface area contributed by atoms with Crippen molar-refractivity contribution in [3.8, 4) is 0 Å². The zero-order chi connectivity index (χ0) is 11.4. The van der Waals surface area contributed by atoms with Crippen LogP contribution >= 0.6 is 0 Å². The third-order valence-electron chi connectivity index (χ3n) is 3.60. The van der Waals surface area contributed by atoms with Crippen molar-refractivity contribution in [1.29, 1.82) is 0 Å². The Hall–Kier alpha value is -0.120. The normalized spacial score (nSPS) is 20.0. The van der Waals surface area contributed by atoms with Crippen LogP contribution in [0, 0.1) is 0 Å². The molecule has 1 rings (SSSR count). The third-order valence-corrected chi connectivity index (χ3v) is 3.60. The summed E-state index contributed by atoms with van der Waals surface area (Å²) >= 11 is 0. The molecular weight excluding hydrogens is 190 g/mol. The lowest BCUT2D eigenvalue weighted by Gasteiger charge is -2.40. The highest BCUT2D eigenvalue weighted by Crippen LogP contribution is 2.34. The first-order valence-electron chi connectivity index (χ1n) is 5.85. The summed E-state index contributed by atoms with van der Waals surface area (Å²) in [5, 5.41) is 3.46. The fourth-order valence-electron chi connectivity index (χ4n) is 1.83. The van der Waals surface area contributed by atoms with Crippen molar-refractivity contribution in [2.45, 2.75) is 50.7 Å². The topological polar surface area (TPSA) is 30.5 Å². The number of methoxy groups -OCH3 is 2. The zero-order valence-electron chi connectivity index (χ0n) is 10.6. The number of hydrogen-bond acceptors (Lipinski definition) is 3. The van der Waals surface area contributed by atoms with Crippen LogP contribution in [0.5, 0.6) is 0 Å². The van der Waals surface area contributed by atoms with Gasteiger partial charge in [0.2, 0.25) is 0 Å². The van der Waals surface area contributed by atoms with Crippen LogP contribution < -0.4 is 5.32 Å². The van der Waals surface area contributed by atoms with E-state index in [0.717, 1.165) is 19.5 Å². The van der Waals surface area contributed by atoms with Gasteiger partial charge in [-0.25, -0.2) is 0 Å². The van der Waals surface area contributed by atoms with Gasteiger partial charge in [-0.05, 0) is 46.1 Å². The van der Waals surface area contributed by atoms with E-state index in [4.69, 9.17) is 9.47 Å². The van der Waals surface area contributed by atoms with Gasteiger partial charge in [0.25, 0.3) is 0 Å². The van der Waals surface area contributed by atoms with E-state index in [2.05, 4.69) is 19.2 Å². The summed E-state index contributed by atoms with van der Waals surface area (Å²) in [5.41, 5.74) is 0.115. The minimum Gasteiger partial charge on any atom is -0.379 e. The van der Waals surface area contributed by atoms with Crippen molar-refractivity contribution in [2.24, 2.45) is 0 Å². The molecule has 0 unspecified atom stereocenters. The Balaban J connectivity index is 2.11. The number of hydrogen-bond donors (Lipinski definition) is 1. The smallest absolute Gasteiger partial charge is 0.0802 e. The Morgan fingerprint density at radius 1 is 1.27 bits per heavy atom. The molecule has 0 aromatic heterocycles. The Labute approximate surface area is 93.5 Å². The lowest BCUT2D eigenvalue weighted by atomic mass is 9.80. The molecule has 1 aliphatic carbocycles. The average Bonchev–Trinajstić information content (AvgIpc) is 2.16. The van der Waals surface area contributed by atoms with Gasteiger partial charge in [0.05, 0.1) is 11.2 Å². The maximum absolute atomic E-state index is 5.54. The molecule has 0 atom stereocenters. The number of rotatable bonds is 7. The summed E-state index contributed by atoms with van der Waals surface area (Å²) in [6, 6.07) is 0. The standard InChI is InChI=1S/C12H25NO2/c1-11(2,14-3)8-9-13-10-12(15-4)6-5-7-12/h13H,5-10H2,1-4H3. The summed E-state index contributed by atoms with van der Waals surface area (Å²) < 4.78 is 10.9. The number of ether oxygens (including phenoxy) is 2. The highest BCUT2D eigenvalue weighted by atomic mass is 16.5. The Bertz CT molecular complexity index is 183. The molecule has 0 radical (unpaired) electrons. The summed E-state index contributed by atoms with van der Waals surface area (Å²) in [6.07, 6.45) is 4.73. The van der Waals surface area contributed by atoms with Crippen molar-refractivity contribution in [2.75, 3.05) is 27.3 Å². The van der Waals surface area contributed by atoms with E-state index in [1.54, 1.807) is 7.11 Å². The Morgan fingerprint density at radius 2 is 1.93 bits per heavy atom. The molecule has 0 aromatic rings. The third kappa shape index (κ3) is 3.74. The van der Waals surface area contributed by atoms with Gasteiger partial charge < -0.3 is 14.8 Å². The molecule has 0 saturated heterocycles. The molecule has 0 aromatic carbocycles. The van der Waals surface area contributed by atoms with Crippen LogP contribution in [0.3, 0.4) is 0 Å². The second-order valence-corrected chi connectivity index (χ2v) is 5.13. The van der Waals surface area contributed by atoms with E-state index in [0.29, 0.717) is 0 Å². The fourth-order valence-corrected chi connectivity index (χ4v) is 1.83. The minimum absolute atomic E-state index is 0.0210. The second kappa shape index (κ2) is 5.28. The van der Waals surface area contributed by atoms with E-state index in [1.807, 2.05) is 7.11 Å². The fraction of sp³-hybridized carbons (Fsp3) is 1.00. The van der Waals surface area contributed by atoms with Gasteiger partial charge in [0, 0.05) is 20.8 Å². The first-order valence-corrected chi connectivity index (χ1v) is 5.85. The summed E-state index contributed by atoms with van der Waals surface area (Å²) in [7, 11) is 3.59. The highest BCUT2D eigenvalue weighted by Gasteiger charge is 2.36. The van der Waals surface area contributed by atoms with E-state index >= 15 is 0 Å². The summed E-state index contributed by atoms with van der Waals surface area (Å²) in [4.78, 5) is 0. The predicted molar refractivity (Wildman–Crippen MR) is 62.2 cm³/mol. The first kappa shape index (κ1) is 12.9. The first-order chi connectivity index (χ1) is 7.04. The van der Waals surface area contributed by atoms with Crippen LogP contribution in [0.15, 0.2) is 0 Å². The second-order valence-electron chi connectivity index (χ2n) is 5.13. The zero-order valence-corrected chi connectivity index (χ0v) is 10.6. The van der Waals surface area contributed by atoms with Gasteiger partial charge in [-0.1, -0.05) is 0 Å². The minimum atomic E-state index is -0.0210. The molecular formula is C12H25NO2. The van der Waals surface area contributed by atoms with Crippen LogP contribution in [0.1, 0.15) is 39.5 Å². The van der Waals surface area contributed by atoms with Crippen molar-refractivity contribution >= 4 is 0 Å². The Kier molecular flexibility index (Phi) is 4.56. The molecule has 1 saturated carbocycles. The van der Waals surface area contributed by atoms with Gasteiger partial charge in [-0.3, -0.25) is 0 Å². The molecule has 0 heterocycles. The van der Waals surface area contributed by atoms with Gasteiger partial charge in [-0.15, -0.1) is 0 Å². The quantitative estimate of drug-likeness (QED) is 0.659. The Morgan fingerprint density at radius 3 is 2.33 bits per heavy atom. The van der Waals surface area contributed by atoms with Crippen LogP contribution in [0.2, 0.25) is 0 Å². The molecule has 15 heavy (non-hydrogen) atoms. The molecule has 0 aliphatic heterocycles. The largest absolute Gasteiger partial charge is 0.379 e. The van der Waals surface area contributed by atoms with Gasteiger partial charge in [0.15, 0.2) is 0 Å². The van der Waals surface area contributed by atoms with Crippen LogP contribution in [-0.2, 0) is 9.47 Å². The van der Waals surface area contributed by atoms with Crippen molar-refractivity contribution < 1.29 is 9.47 Å². The molecule has 0 amide bonds. The van der Waals surface area contributed by atoms with E-state index in [1.165, 1.54) is 19.3 Å². The van der Waals surface area contributed by atoms with Gasteiger partial charge >= 0.3 is 0 Å². The number of nitrogens with one attached hydrogen (secondary N) is 1. The van der Waals surface area contributed by atoms with E-state index < -0.39 is 0 Å².